The Balaban J connectivity index is 1.73. The molecule has 1 aromatic rings. The molecular weight excluding hydrogens is 380 g/mol. The van der Waals surface area contributed by atoms with Gasteiger partial charge in [0.25, 0.3) is 5.91 Å². The van der Waals surface area contributed by atoms with Crippen LogP contribution in [0.5, 0.6) is 5.75 Å². The van der Waals surface area contributed by atoms with Crippen molar-refractivity contribution in [2.45, 2.75) is 52.2 Å². The first-order chi connectivity index (χ1) is 13.7. The Hall–Kier alpha value is -2.22. The van der Waals surface area contributed by atoms with Crippen molar-refractivity contribution in [2.24, 2.45) is 5.92 Å². The molecule has 6 nitrogen and oxygen atoms in total. The van der Waals surface area contributed by atoms with E-state index in [0.29, 0.717) is 19.0 Å². The third-order valence-electron chi connectivity index (χ3n) is 5.31. The highest BCUT2D eigenvalue weighted by Gasteiger charge is 2.24. The molecule has 2 amide bonds. The normalized spacial score (nSPS) is 15.9. The maximum Gasteiger partial charge on any atom is 0.387 e. The Bertz CT molecular complexity index is 690. The number of hydrogen-bond acceptors (Lipinski definition) is 4. The van der Waals surface area contributed by atoms with Crippen molar-refractivity contribution in [2.75, 3.05) is 26.2 Å². The van der Waals surface area contributed by atoms with Crippen LogP contribution in [0.1, 0.15) is 50.4 Å². The van der Waals surface area contributed by atoms with Crippen molar-refractivity contribution in [1.82, 2.24) is 15.5 Å². The zero-order chi connectivity index (χ0) is 21.4. The number of likely N-dealkylation sites (tertiary alicyclic amines) is 1. The molecule has 0 radical (unpaired) electrons. The van der Waals surface area contributed by atoms with Gasteiger partial charge in [0.2, 0.25) is 5.91 Å². The lowest BCUT2D eigenvalue weighted by molar-refractivity contribution is -0.124. The van der Waals surface area contributed by atoms with Gasteiger partial charge in [-0.25, -0.2) is 0 Å². The third kappa shape index (κ3) is 7.97. The van der Waals surface area contributed by atoms with Gasteiger partial charge in [0.05, 0.1) is 6.54 Å². The van der Waals surface area contributed by atoms with Gasteiger partial charge in [-0.3, -0.25) is 14.5 Å². The number of benzene rings is 1. The van der Waals surface area contributed by atoms with Gasteiger partial charge >= 0.3 is 6.61 Å². The number of carbonyl (C=O) groups excluding carboxylic acids is 2. The van der Waals surface area contributed by atoms with E-state index in [2.05, 4.69) is 20.3 Å². The number of carbonyl (C=O) groups is 2. The summed E-state index contributed by atoms with van der Waals surface area (Å²) in [4.78, 5) is 26.6. The fourth-order valence-electron chi connectivity index (χ4n) is 3.21. The number of halogens is 2. The molecule has 1 aliphatic rings. The van der Waals surface area contributed by atoms with Crippen molar-refractivity contribution < 1.29 is 23.1 Å². The van der Waals surface area contributed by atoms with Crippen LogP contribution in [0.4, 0.5) is 8.78 Å². The molecule has 162 valence electrons. The minimum atomic E-state index is -2.92. The first kappa shape index (κ1) is 23.1. The maximum absolute atomic E-state index is 12.3. The second-order valence-electron chi connectivity index (χ2n) is 8.12. The molecule has 1 aliphatic heterocycles. The number of rotatable bonds is 9. The van der Waals surface area contributed by atoms with Gasteiger partial charge in [0, 0.05) is 17.6 Å². The van der Waals surface area contributed by atoms with Crippen molar-refractivity contribution in [3.05, 3.63) is 29.8 Å². The highest BCUT2D eigenvalue weighted by Crippen LogP contribution is 2.18. The molecule has 0 unspecified atom stereocenters. The standard InChI is InChI=1S/C21H31F2N3O3/c1-4-21(2,3)25-18(27)14-26-10-8-15(9-11-26)13-24-19(28)16-6-5-7-17(12-16)29-20(22)23/h5-7,12,15,20H,4,8-11,13-14H2,1-3H3,(H,24,28)(H,25,27). The number of hydrogen-bond donors (Lipinski definition) is 2. The van der Waals surface area contributed by atoms with Crippen molar-refractivity contribution in [1.29, 1.82) is 0 Å². The summed E-state index contributed by atoms with van der Waals surface area (Å²) in [5.74, 6) is 0.0131. The first-order valence-electron chi connectivity index (χ1n) is 10.0. The van der Waals surface area contributed by atoms with Gasteiger partial charge in [-0.15, -0.1) is 0 Å². The lowest BCUT2D eigenvalue weighted by Gasteiger charge is -2.33. The van der Waals surface area contributed by atoms with E-state index in [1.807, 2.05) is 20.8 Å². The van der Waals surface area contributed by atoms with Crippen LogP contribution in [0.25, 0.3) is 0 Å². The molecule has 0 aliphatic carbocycles. The van der Waals surface area contributed by atoms with E-state index in [9.17, 15) is 18.4 Å². The van der Waals surface area contributed by atoms with Crippen LogP contribution in [0, 0.1) is 5.92 Å². The SMILES string of the molecule is CCC(C)(C)NC(=O)CN1CCC(CNC(=O)c2cccc(OC(F)F)c2)CC1. The Kier molecular flexibility index (Phi) is 8.37. The number of piperidine rings is 1. The Morgan fingerprint density at radius 1 is 1.28 bits per heavy atom. The van der Waals surface area contributed by atoms with Crippen molar-refractivity contribution in [3.8, 4) is 5.75 Å². The predicted octanol–water partition coefficient (Wildman–Crippen LogP) is 3.03. The third-order valence-corrected chi connectivity index (χ3v) is 5.31. The van der Waals surface area contributed by atoms with Crippen LogP contribution >= 0.6 is 0 Å². The minimum absolute atomic E-state index is 0.0366. The molecule has 1 aromatic carbocycles. The molecule has 0 spiro atoms. The van der Waals surface area contributed by atoms with E-state index >= 15 is 0 Å². The first-order valence-corrected chi connectivity index (χ1v) is 10.0. The molecular formula is C21H31F2N3O3. The van der Waals surface area contributed by atoms with Gasteiger partial charge in [0.15, 0.2) is 0 Å². The number of amides is 2. The summed E-state index contributed by atoms with van der Waals surface area (Å²) in [6.45, 7) is 5.65. The lowest BCUT2D eigenvalue weighted by atomic mass is 9.96. The quantitative estimate of drug-likeness (QED) is 0.655. The fraction of sp³-hybridized carbons (Fsp3) is 0.619. The number of alkyl halides is 2. The highest BCUT2D eigenvalue weighted by atomic mass is 19.3. The number of nitrogens with one attached hydrogen (secondary N) is 2. The van der Waals surface area contributed by atoms with E-state index in [1.165, 1.54) is 18.2 Å². The topological polar surface area (TPSA) is 70.7 Å². The lowest BCUT2D eigenvalue weighted by Crippen LogP contribution is -2.49. The Morgan fingerprint density at radius 2 is 1.97 bits per heavy atom. The summed E-state index contributed by atoms with van der Waals surface area (Å²) in [6, 6.07) is 5.76. The largest absolute Gasteiger partial charge is 0.435 e. The fourth-order valence-corrected chi connectivity index (χ4v) is 3.21. The minimum Gasteiger partial charge on any atom is -0.435 e. The molecule has 1 saturated heterocycles. The predicted molar refractivity (Wildman–Crippen MR) is 107 cm³/mol. The molecule has 2 rings (SSSR count). The second-order valence-corrected chi connectivity index (χ2v) is 8.12. The molecule has 8 heteroatoms. The summed E-state index contributed by atoms with van der Waals surface area (Å²) >= 11 is 0. The van der Waals surface area contributed by atoms with E-state index < -0.39 is 6.61 Å². The van der Waals surface area contributed by atoms with Crippen molar-refractivity contribution in [3.63, 3.8) is 0 Å². The second kappa shape index (κ2) is 10.5. The molecule has 2 N–H and O–H groups in total. The summed E-state index contributed by atoms with van der Waals surface area (Å²) in [7, 11) is 0. The summed E-state index contributed by atoms with van der Waals surface area (Å²) in [5.41, 5.74) is 0.0907. The Morgan fingerprint density at radius 3 is 2.59 bits per heavy atom. The van der Waals surface area contributed by atoms with Crippen LogP contribution in [0.2, 0.25) is 0 Å². The van der Waals surface area contributed by atoms with Crippen LogP contribution in [-0.2, 0) is 4.79 Å². The van der Waals surface area contributed by atoms with Gasteiger partial charge in [-0.1, -0.05) is 13.0 Å². The van der Waals surface area contributed by atoms with Crippen LogP contribution < -0.4 is 15.4 Å². The van der Waals surface area contributed by atoms with Crippen LogP contribution in [0.15, 0.2) is 24.3 Å². The molecule has 1 heterocycles. The molecule has 0 aromatic heterocycles. The molecule has 0 bridgehead atoms. The average molecular weight is 411 g/mol. The van der Waals surface area contributed by atoms with E-state index in [0.717, 1.165) is 32.4 Å². The molecule has 29 heavy (non-hydrogen) atoms. The summed E-state index contributed by atoms with van der Waals surface area (Å²) < 4.78 is 28.9. The van der Waals surface area contributed by atoms with Crippen LogP contribution in [-0.4, -0.2) is 55.0 Å². The number of nitrogens with zero attached hydrogens (tertiary/aromatic N) is 1. The zero-order valence-corrected chi connectivity index (χ0v) is 17.3. The van der Waals surface area contributed by atoms with Gasteiger partial charge in [-0.05, 0) is 70.3 Å². The average Bonchev–Trinajstić information content (AvgIpc) is 2.66. The highest BCUT2D eigenvalue weighted by molar-refractivity contribution is 5.94. The summed E-state index contributed by atoms with van der Waals surface area (Å²) in [6.07, 6.45) is 2.65. The molecule has 0 saturated carbocycles. The van der Waals surface area contributed by atoms with Gasteiger partial charge < -0.3 is 15.4 Å². The summed E-state index contributed by atoms with van der Waals surface area (Å²) in [5, 5.41) is 5.91. The molecule has 0 atom stereocenters. The van der Waals surface area contributed by atoms with Crippen LogP contribution in [0.3, 0.4) is 0 Å². The monoisotopic (exact) mass is 411 g/mol. The Labute approximate surface area is 171 Å². The van der Waals surface area contributed by atoms with Crippen molar-refractivity contribution >= 4 is 11.8 Å². The molecule has 1 fully saturated rings. The smallest absolute Gasteiger partial charge is 0.387 e. The van der Waals surface area contributed by atoms with E-state index in [1.54, 1.807) is 6.07 Å². The van der Waals surface area contributed by atoms with Gasteiger partial charge in [0.1, 0.15) is 5.75 Å². The number of ether oxygens (including phenoxy) is 1. The maximum atomic E-state index is 12.3. The zero-order valence-electron chi connectivity index (χ0n) is 17.3. The van der Waals surface area contributed by atoms with Gasteiger partial charge in [-0.2, -0.15) is 8.78 Å². The van der Waals surface area contributed by atoms with E-state index in [-0.39, 0.29) is 28.7 Å². The van der Waals surface area contributed by atoms with E-state index in [4.69, 9.17) is 0 Å².